The number of imidazole rings is 1. The van der Waals surface area contributed by atoms with E-state index in [4.69, 9.17) is 0 Å². The van der Waals surface area contributed by atoms with Gasteiger partial charge in [-0.3, -0.25) is 14.6 Å². The molecule has 1 aromatic rings. The number of ketones is 2. The summed E-state index contributed by atoms with van der Waals surface area (Å²) < 4.78 is 1.98. The van der Waals surface area contributed by atoms with Crippen molar-refractivity contribution in [1.82, 2.24) is 9.55 Å². The summed E-state index contributed by atoms with van der Waals surface area (Å²) in [7, 11) is 0. The summed E-state index contributed by atoms with van der Waals surface area (Å²) in [4.78, 5) is 32.1. The molecular formula is C15H21N3O2. The quantitative estimate of drug-likeness (QED) is 0.468. The van der Waals surface area contributed by atoms with Gasteiger partial charge in [-0.25, -0.2) is 4.98 Å². The van der Waals surface area contributed by atoms with Crippen LogP contribution in [0.3, 0.4) is 0 Å². The van der Waals surface area contributed by atoms with Crippen LogP contribution < -0.4 is 0 Å². The van der Waals surface area contributed by atoms with Gasteiger partial charge in [-0.15, -0.1) is 0 Å². The molecule has 0 amide bonds. The Balaban J connectivity index is 1.79. The molecule has 0 atom stereocenters. The zero-order valence-electron chi connectivity index (χ0n) is 12.1. The highest BCUT2D eigenvalue weighted by Gasteiger charge is 2.38. The molecule has 108 valence electrons. The lowest BCUT2D eigenvalue weighted by Crippen LogP contribution is -2.38. The molecule has 0 N–H and O–H groups in total. The summed E-state index contributed by atoms with van der Waals surface area (Å²) in [5.41, 5.74) is -0.195. The lowest BCUT2D eigenvalue weighted by atomic mass is 9.72. The Morgan fingerprint density at radius 1 is 1.40 bits per heavy atom. The molecule has 1 aromatic heterocycles. The summed E-state index contributed by atoms with van der Waals surface area (Å²) >= 11 is 0. The molecule has 0 radical (unpaired) electrons. The fourth-order valence-corrected chi connectivity index (χ4v) is 2.52. The van der Waals surface area contributed by atoms with Crippen molar-refractivity contribution in [2.24, 2.45) is 16.3 Å². The van der Waals surface area contributed by atoms with E-state index in [0.717, 1.165) is 13.0 Å². The highest BCUT2D eigenvalue weighted by atomic mass is 16.2. The van der Waals surface area contributed by atoms with Crippen molar-refractivity contribution in [1.29, 1.82) is 0 Å². The molecule has 20 heavy (non-hydrogen) atoms. The second-order valence-corrected chi connectivity index (χ2v) is 6.14. The second-order valence-electron chi connectivity index (χ2n) is 6.14. The van der Waals surface area contributed by atoms with E-state index in [0.29, 0.717) is 19.4 Å². The van der Waals surface area contributed by atoms with Crippen molar-refractivity contribution in [3.8, 4) is 0 Å². The highest BCUT2D eigenvalue weighted by Crippen LogP contribution is 2.33. The van der Waals surface area contributed by atoms with Gasteiger partial charge in [0, 0.05) is 44.5 Å². The third-order valence-corrected chi connectivity index (χ3v) is 3.52. The van der Waals surface area contributed by atoms with Gasteiger partial charge in [-0.2, -0.15) is 0 Å². The van der Waals surface area contributed by atoms with Gasteiger partial charge in [0.15, 0.2) is 0 Å². The molecule has 0 saturated heterocycles. The summed E-state index contributed by atoms with van der Waals surface area (Å²) in [6, 6.07) is 0. The van der Waals surface area contributed by atoms with Crippen LogP contribution in [-0.4, -0.2) is 33.9 Å². The Kier molecular flexibility index (Phi) is 4.47. The molecular weight excluding hydrogens is 254 g/mol. The number of aryl methyl sites for hydroxylation is 1. The molecule has 5 heteroatoms. The van der Waals surface area contributed by atoms with Crippen LogP contribution in [0, 0.1) is 11.3 Å². The van der Waals surface area contributed by atoms with Gasteiger partial charge in [-0.05, 0) is 11.8 Å². The second kappa shape index (κ2) is 6.11. The predicted molar refractivity (Wildman–Crippen MR) is 76.7 cm³/mol. The molecule has 1 aliphatic carbocycles. The van der Waals surface area contributed by atoms with E-state index in [9.17, 15) is 9.59 Å². The number of rotatable bonds is 5. The number of aromatic nitrogens is 2. The van der Waals surface area contributed by atoms with Crippen LogP contribution >= 0.6 is 0 Å². The number of hydrogen-bond donors (Lipinski definition) is 0. The fourth-order valence-electron chi connectivity index (χ4n) is 2.52. The highest BCUT2D eigenvalue weighted by molar-refractivity contribution is 6.16. The maximum Gasteiger partial charge on any atom is 0.149 e. The van der Waals surface area contributed by atoms with E-state index in [1.165, 1.54) is 0 Å². The Bertz CT molecular complexity index is 483. The Labute approximate surface area is 119 Å². The van der Waals surface area contributed by atoms with Gasteiger partial charge in [0.25, 0.3) is 0 Å². The van der Waals surface area contributed by atoms with Crippen molar-refractivity contribution < 1.29 is 9.59 Å². The lowest BCUT2D eigenvalue weighted by molar-refractivity contribution is -0.136. The van der Waals surface area contributed by atoms with Gasteiger partial charge in [0.1, 0.15) is 17.5 Å². The molecule has 1 heterocycles. The monoisotopic (exact) mass is 275 g/mol. The number of hydrogen-bond acceptors (Lipinski definition) is 4. The topological polar surface area (TPSA) is 64.3 Å². The van der Waals surface area contributed by atoms with E-state index >= 15 is 0 Å². The van der Waals surface area contributed by atoms with Crippen LogP contribution in [0.25, 0.3) is 0 Å². The average Bonchev–Trinajstić information content (AvgIpc) is 2.83. The summed E-state index contributed by atoms with van der Waals surface area (Å²) in [6.07, 6.45) is 8.75. The normalized spacial score (nSPS) is 19.9. The van der Waals surface area contributed by atoms with E-state index in [1.54, 1.807) is 18.7 Å². The van der Waals surface area contributed by atoms with Gasteiger partial charge in [0.2, 0.25) is 0 Å². The molecule has 0 bridgehead atoms. The first kappa shape index (κ1) is 14.6. The van der Waals surface area contributed by atoms with E-state index < -0.39 is 5.92 Å². The SMILES string of the molecule is CC1(C)CC(=O)C(C=NCCCn2ccnc2)C(=O)C1. The molecule has 1 aliphatic rings. The van der Waals surface area contributed by atoms with Crippen molar-refractivity contribution in [2.75, 3.05) is 6.54 Å². The van der Waals surface area contributed by atoms with Crippen LogP contribution in [0.1, 0.15) is 33.1 Å². The van der Waals surface area contributed by atoms with Crippen molar-refractivity contribution in [3.05, 3.63) is 18.7 Å². The van der Waals surface area contributed by atoms with Crippen molar-refractivity contribution >= 4 is 17.8 Å². The molecule has 1 fully saturated rings. The molecule has 1 saturated carbocycles. The zero-order chi connectivity index (χ0) is 14.6. The number of Topliss-reactive ketones (excluding diaryl/α,β-unsaturated/α-hetero) is 2. The predicted octanol–water partition coefficient (Wildman–Crippen LogP) is 1.92. The van der Waals surface area contributed by atoms with Crippen molar-refractivity contribution in [2.45, 2.75) is 39.7 Å². The molecule has 0 unspecified atom stereocenters. The smallest absolute Gasteiger partial charge is 0.149 e. The maximum absolute atomic E-state index is 11.9. The van der Waals surface area contributed by atoms with Crippen LogP contribution in [0.2, 0.25) is 0 Å². The number of aliphatic imine (C=N–C) groups is 1. The third kappa shape index (κ3) is 3.85. The number of carbonyl (C=O) groups is 2. The van der Waals surface area contributed by atoms with E-state index in [2.05, 4.69) is 9.98 Å². The minimum atomic E-state index is -0.615. The van der Waals surface area contributed by atoms with Gasteiger partial charge < -0.3 is 4.57 Å². The first-order valence-electron chi connectivity index (χ1n) is 6.99. The van der Waals surface area contributed by atoms with Gasteiger partial charge >= 0.3 is 0 Å². The molecule has 5 nitrogen and oxygen atoms in total. The minimum absolute atomic E-state index is 0.00427. The largest absolute Gasteiger partial charge is 0.337 e. The Hall–Kier alpha value is -1.78. The third-order valence-electron chi connectivity index (χ3n) is 3.52. The molecule has 0 aromatic carbocycles. The standard InChI is InChI=1S/C15H21N3O2/c1-15(2)8-13(19)12(14(20)9-15)10-16-4-3-6-18-7-5-17-11-18/h5,7,10-12H,3-4,6,8-9H2,1-2H3. The summed E-state index contributed by atoms with van der Waals surface area (Å²) in [6.45, 7) is 5.39. The lowest BCUT2D eigenvalue weighted by Gasteiger charge is -2.30. The first-order valence-corrected chi connectivity index (χ1v) is 6.99. The maximum atomic E-state index is 11.9. The average molecular weight is 275 g/mol. The number of nitrogens with zero attached hydrogens (tertiary/aromatic N) is 3. The molecule has 2 rings (SSSR count). The first-order chi connectivity index (χ1) is 9.48. The minimum Gasteiger partial charge on any atom is -0.337 e. The summed E-state index contributed by atoms with van der Waals surface area (Å²) in [5, 5.41) is 0. The van der Waals surface area contributed by atoms with Crippen LogP contribution in [0.4, 0.5) is 0 Å². The van der Waals surface area contributed by atoms with Gasteiger partial charge in [-0.1, -0.05) is 13.8 Å². The van der Waals surface area contributed by atoms with Gasteiger partial charge in [0.05, 0.1) is 6.33 Å². The van der Waals surface area contributed by atoms with E-state index in [-0.39, 0.29) is 17.0 Å². The van der Waals surface area contributed by atoms with E-state index in [1.807, 2.05) is 24.6 Å². The van der Waals surface area contributed by atoms with Crippen LogP contribution in [0.5, 0.6) is 0 Å². The molecule has 0 aliphatic heterocycles. The molecule has 0 spiro atoms. The Morgan fingerprint density at radius 2 is 2.10 bits per heavy atom. The fraction of sp³-hybridized carbons (Fsp3) is 0.600. The number of carbonyl (C=O) groups excluding carboxylic acids is 2. The Morgan fingerprint density at radius 3 is 2.70 bits per heavy atom. The zero-order valence-corrected chi connectivity index (χ0v) is 12.1. The van der Waals surface area contributed by atoms with Crippen LogP contribution in [-0.2, 0) is 16.1 Å². The van der Waals surface area contributed by atoms with Crippen molar-refractivity contribution in [3.63, 3.8) is 0 Å². The van der Waals surface area contributed by atoms with Crippen LogP contribution in [0.15, 0.2) is 23.7 Å². The summed E-state index contributed by atoms with van der Waals surface area (Å²) in [5.74, 6) is -0.606.